The van der Waals surface area contributed by atoms with E-state index in [4.69, 9.17) is 5.11 Å². The van der Waals surface area contributed by atoms with Crippen LogP contribution in [0.5, 0.6) is 0 Å². The van der Waals surface area contributed by atoms with Gasteiger partial charge in [0.05, 0.1) is 5.92 Å². The Kier molecular flexibility index (Phi) is 3.39. The van der Waals surface area contributed by atoms with E-state index >= 15 is 0 Å². The van der Waals surface area contributed by atoms with Gasteiger partial charge in [-0.2, -0.15) is 13.2 Å². The van der Waals surface area contributed by atoms with Gasteiger partial charge in [-0.25, -0.2) is 0 Å². The van der Waals surface area contributed by atoms with Crippen molar-refractivity contribution in [2.75, 3.05) is 0 Å². The third-order valence-electron chi connectivity index (χ3n) is 2.71. The van der Waals surface area contributed by atoms with Crippen LogP contribution < -0.4 is 0 Å². The molecule has 0 aromatic rings. The number of rotatable bonds is 2. The average Bonchev–Trinajstić information content (AvgIpc) is 2.01. The van der Waals surface area contributed by atoms with Crippen molar-refractivity contribution in [2.45, 2.75) is 38.3 Å². The van der Waals surface area contributed by atoms with Crippen LogP contribution in [-0.2, 0) is 4.79 Å². The first-order valence-corrected chi connectivity index (χ1v) is 4.68. The maximum atomic E-state index is 12.3. The lowest BCUT2D eigenvalue weighted by molar-refractivity contribution is -0.186. The number of hydrogen-bond acceptors (Lipinski definition) is 1. The second-order valence-corrected chi connectivity index (χ2v) is 3.87. The molecular weight excluding hydrogens is 197 g/mol. The van der Waals surface area contributed by atoms with Crippen LogP contribution in [0.25, 0.3) is 0 Å². The van der Waals surface area contributed by atoms with E-state index in [1.165, 1.54) is 0 Å². The van der Waals surface area contributed by atoms with Crippen LogP contribution in [0.15, 0.2) is 0 Å². The minimum Gasteiger partial charge on any atom is -0.481 e. The molecule has 1 aliphatic carbocycles. The molecule has 0 amide bonds. The average molecular weight is 210 g/mol. The summed E-state index contributed by atoms with van der Waals surface area (Å²) in [5.74, 6) is -2.59. The van der Waals surface area contributed by atoms with Crippen LogP contribution in [0.2, 0.25) is 0 Å². The van der Waals surface area contributed by atoms with Gasteiger partial charge in [-0.05, 0) is 25.2 Å². The molecule has 5 heteroatoms. The second-order valence-electron chi connectivity index (χ2n) is 3.87. The summed E-state index contributed by atoms with van der Waals surface area (Å²) in [5, 5.41) is 8.47. The normalized spacial score (nSPS) is 28.8. The molecule has 0 spiro atoms. The predicted molar refractivity (Wildman–Crippen MR) is 43.8 cm³/mol. The van der Waals surface area contributed by atoms with Crippen molar-refractivity contribution >= 4 is 5.97 Å². The number of hydrogen-bond donors (Lipinski definition) is 1. The van der Waals surface area contributed by atoms with E-state index < -0.39 is 18.1 Å². The Hall–Kier alpha value is -0.740. The van der Waals surface area contributed by atoms with Crippen LogP contribution in [0.3, 0.4) is 0 Å². The van der Waals surface area contributed by atoms with Crippen LogP contribution in [0.4, 0.5) is 13.2 Å². The summed E-state index contributed by atoms with van der Waals surface area (Å²) in [6, 6.07) is 0. The SMILES string of the molecule is O=C(O)C[C@H]1CCC[C@H](C(F)(F)F)C1. The maximum Gasteiger partial charge on any atom is 0.391 e. The minimum atomic E-state index is -4.16. The molecule has 1 rings (SSSR count). The number of carbonyl (C=O) groups is 1. The summed E-state index contributed by atoms with van der Waals surface area (Å²) in [4.78, 5) is 10.3. The molecule has 2 nitrogen and oxygen atoms in total. The maximum absolute atomic E-state index is 12.3. The molecule has 1 saturated carbocycles. The third-order valence-corrected chi connectivity index (χ3v) is 2.71. The van der Waals surface area contributed by atoms with Gasteiger partial charge in [-0.1, -0.05) is 6.42 Å². The molecule has 2 atom stereocenters. The Morgan fingerprint density at radius 1 is 1.36 bits per heavy atom. The predicted octanol–water partition coefficient (Wildman–Crippen LogP) is 2.83. The van der Waals surface area contributed by atoms with Gasteiger partial charge < -0.3 is 5.11 Å². The van der Waals surface area contributed by atoms with Crippen molar-refractivity contribution in [3.8, 4) is 0 Å². The molecule has 14 heavy (non-hydrogen) atoms. The standard InChI is InChI=1S/C9H13F3O2/c10-9(11,12)7-3-1-2-6(4-7)5-8(13)14/h6-7H,1-5H2,(H,13,14)/t6-,7-/m0/s1. The summed E-state index contributed by atoms with van der Waals surface area (Å²) in [5.41, 5.74) is 0. The fraction of sp³-hybridized carbons (Fsp3) is 0.889. The molecule has 0 unspecified atom stereocenters. The van der Waals surface area contributed by atoms with Gasteiger partial charge in [0, 0.05) is 6.42 Å². The molecule has 0 aromatic carbocycles. The largest absolute Gasteiger partial charge is 0.481 e. The summed E-state index contributed by atoms with van der Waals surface area (Å²) in [6.45, 7) is 0. The van der Waals surface area contributed by atoms with Gasteiger partial charge in [0.1, 0.15) is 0 Å². The number of halogens is 3. The Bertz CT molecular complexity index is 213. The molecule has 0 bridgehead atoms. The monoisotopic (exact) mass is 210 g/mol. The molecule has 0 radical (unpaired) electrons. The molecule has 0 aliphatic heterocycles. The van der Waals surface area contributed by atoms with E-state index in [0.29, 0.717) is 12.8 Å². The van der Waals surface area contributed by atoms with Crippen molar-refractivity contribution in [1.82, 2.24) is 0 Å². The van der Waals surface area contributed by atoms with E-state index in [-0.39, 0.29) is 25.2 Å². The van der Waals surface area contributed by atoms with Gasteiger partial charge in [-0.15, -0.1) is 0 Å². The Labute approximate surface area is 80.1 Å². The van der Waals surface area contributed by atoms with Gasteiger partial charge in [0.15, 0.2) is 0 Å². The molecular formula is C9H13F3O2. The quantitative estimate of drug-likeness (QED) is 0.760. The molecule has 1 N–H and O–H groups in total. The summed E-state index contributed by atoms with van der Waals surface area (Å²) in [7, 11) is 0. The lowest BCUT2D eigenvalue weighted by Gasteiger charge is -2.29. The lowest BCUT2D eigenvalue weighted by Crippen LogP contribution is -2.29. The van der Waals surface area contributed by atoms with Crippen molar-refractivity contribution in [3.05, 3.63) is 0 Å². The molecule has 0 aromatic heterocycles. The highest BCUT2D eigenvalue weighted by Gasteiger charge is 2.42. The van der Waals surface area contributed by atoms with Crippen LogP contribution in [0, 0.1) is 11.8 Å². The van der Waals surface area contributed by atoms with E-state index in [9.17, 15) is 18.0 Å². The highest BCUT2D eigenvalue weighted by atomic mass is 19.4. The number of aliphatic carboxylic acids is 1. The first-order valence-electron chi connectivity index (χ1n) is 4.68. The van der Waals surface area contributed by atoms with Crippen LogP contribution >= 0.6 is 0 Å². The minimum absolute atomic E-state index is 0.0181. The van der Waals surface area contributed by atoms with Gasteiger partial charge in [-0.3, -0.25) is 4.79 Å². The van der Waals surface area contributed by atoms with Crippen molar-refractivity contribution in [2.24, 2.45) is 11.8 Å². The number of carboxylic acids is 1. The molecule has 1 fully saturated rings. The Balaban J connectivity index is 2.48. The van der Waals surface area contributed by atoms with E-state index in [0.717, 1.165) is 0 Å². The zero-order valence-electron chi connectivity index (χ0n) is 7.68. The van der Waals surface area contributed by atoms with E-state index in [2.05, 4.69) is 0 Å². The van der Waals surface area contributed by atoms with Crippen molar-refractivity contribution < 1.29 is 23.1 Å². The zero-order valence-corrected chi connectivity index (χ0v) is 7.68. The highest BCUT2D eigenvalue weighted by Crippen LogP contribution is 2.40. The third kappa shape index (κ3) is 3.20. The summed E-state index contributed by atoms with van der Waals surface area (Å²) >= 11 is 0. The Morgan fingerprint density at radius 2 is 2.00 bits per heavy atom. The number of carboxylic acid groups (broad SMARTS) is 1. The molecule has 1 aliphatic rings. The van der Waals surface area contributed by atoms with Gasteiger partial charge in [0.25, 0.3) is 0 Å². The van der Waals surface area contributed by atoms with E-state index in [1.54, 1.807) is 0 Å². The second kappa shape index (κ2) is 4.19. The highest BCUT2D eigenvalue weighted by molar-refractivity contribution is 5.67. The van der Waals surface area contributed by atoms with Crippen molar-refractivity contribution in [1.29, 1.82) is 0 Å². The molecule has 0 heterocycles. The first-order chi connectivity index (χ1) is 6.39. The molecule has 0 saturated heterocycles. The Morgan fingerprint density at radius 3 is 2.50 bits per heavy atom. The smallest absolute Gasteiger partial charge is 0.391 e. The molecule has 82 valence electrons. The fourth-order valence-electron chi connectivity index (χ4n) is 2.02. The van der Waals surface area contributed by atoms with Crippen LogP contribution in [0.1, 0.15) is 32.1 Å². The topological polar surface area (TPSA) is 37.3 Å². The van der Waals surface area contributed by atoms with Crippen molar-refractivity contribution in [3.63, 3.8) is 0 Å². The van der Waals surface area contributed by atoms with Gasteiger partial charge >= 0.3 is 12.1 Å². The summed E-state index contributed by atoms with van der Waals surface area (Å²) < 4.78 is 36.9. The lowest BCUT2D eigenvalue weighted by atomic mass is 9.79. The zero-order chi connectivity index (χ0) is 10.8. The first kappa shape index (κ1) is 11.3. The number of alkyl halides is 3. The van der Waals surface area contributed by atoms with Crippen LogP contribution in [-0.4, -0.2) is 17.3 Å². The van der Waals surface area contributed by atoms with Gasteiger partial charge in [0.2, 0.25) is 0 Å². The summed E-state index contributed by atoms with van der Waals surface area (Å²) in [6.07, 6.45) is -3.06. The van der Waals surface area contributed by atoms with E-state index in [1.807, 2.05) is 0 Å². The fourth-order valence-corrected chi connectivity index (χ4v) is 2.02.